The average molecular weight is 173 g/mol. The van der Waals surface area contributed by atoms with Crippen molar-refractivity contribution >= 4 is 7.05 Å². The molecule has 0 saturated carbocycles. The number of rotatable bonds is 6. The Kier molecular flexibility index (Phi) is 5.93. The molecule has 0 bridgehead atoms. The van der Waals surface area contributed by atoms with Crippen LogP contribution in [0.25, 0.3) is 0 Å². The number of ether oxygens (including phenoxy) is 1. The Morgan fingerprint density at radius 3 is 2.58 bits per heavy atom. The van der Waals surface area contributed by atoms with Crippen LogP contribution < -0.4 is 0 Å². The van der Waals surface area contributed by atoms with Gasteiger partial charge in [0.1, 0.15) is 0 Å². The summed E-state index contributed by atoms with van der Waals surface area (Å²) in [6.45, 7) is 3.98. The van der Waals surface area contributed by atoms with E-state index in [9.17, 15) is 4.91 Å². The lowest BCUT2D eigenvalue weighted by Gasteiger charge is -2.17. The van der Waals surface area contributed by atoms with Crippen molar-refractivity contribution in [3.8, 4) is 0 Å². The molecule has 0 aliphatic carbocycles. The first kappa shape index (κ1) is 11.6. The smallest absolute Gasteiger partial charge is 0.429 e. The normalized spacial score (nSPS) is 15.3. The molecule has 0 heterocycles. The van der Waals surface area contributed by atoms with E-state index in [1.807, 2.05) is 13.8 Å². The molecule has 0 aromatic heterocycles. The van der Waals surface area contributed by atoms with E-state index in [1.165, 1.54) is 0 Å². The second-order valence-electron chi connectivity index (χ2n) is 3.08. The average Bonchev–Trinajstić information content (AvgIpc) is 2.11. The third-order valence-electron chi connectivity index (χ3n) is 2.18. The molecule has 0 aromatic rings. The van der Waals surface area contributed by atoms with E-state index < -0.39 is 7.05 Å². The van der Waals surface area contributed by atoms with Crippen LogP contribution in [0.5, 0.6) is 0 Å². The minimum absolute atomic E-state index is 0.156. The number of nitroso groups, excluding NO2 is 1. The van der Waals surface area contributed by atoms with Crippen LogP contribution in [-0.4, -0.2) is 25.3 Å². The van der Waals surface area contributed by atoms with Gasteiger partial charge in [0.05, 0.1) is 6.10 Å². The van der Waals surface area contributed by atoms with Crippen LogP contribution in [0.4, 0.5) is 0 Å². The van der Waals surface area contributed by atoms with Crippen LogP contribution in [0.15, 0.2) is 5.09 Å². The molecule has 0 saturated heterocycles. The molecule has 2 atom stereocenters. The van der Waals surface area contributed by atoms with Gasteiger partial charge in [0.15, 0.2) is 0 Å². The van der Waals surface area contributed by atoms with E-state index in [4.69, 9.17) is 9.76 Å². The number of hydrogen-bond acceptors (Lipinski definition) is 4. The summed E-state index contributed by atoms with van der Waals surface area (Å²) in [4.78, 5) is 9.83. The Morgan fingerprint density at radius 1 is 1.58 bits per heavy atom. The number of hydrogen-bond donors (Lipinski definition) is 1. The molecule has 5 heteroatoms. The van der Waals surface area contributed by atoms with Crippen molar-refractivity contribution < 1.29 is 9.76 Å². The zero-order valence-electron chi connectivity index (χ0n) is 7.86. The quantitative estimate of drug-likeness (QED) is 0.486. The second kappa shape index (κ2) is 6.14. The molecular formula is C7H16BNO3. The fourth-order valence-electron chi connectivity index (χ4n) is 0.932. The highest BCUT2D eigenvalue weighted by Crippen LogP contribution is 2.14. The van der Waals surface area contributed by atoms with Crippen LogP contribution in [0.1, 0.15) is 20.3 Å². The highest BCUT2D eigenvalue weighted by molar-refractivity contribution is 6.47. The van der Waals surface area contributed by atoms with Gasteiger partial charge in [0, 0.05) is 7.11 Å². The van der Waals surface area contributed by atoms with E-state index in [2.05, 4.69) is 5.09 Å². The van der Waals surface area contributed by atoms with E-state index >= 15 is 0 Å². The van der Waals surface area contributed by atoms with Gasteiger partial charge in [-0.05, 0) is 19.2 Å². The lowest BCUT2D eigenvalue weighted by Crippen LogP contribution is -2.18. The van der Waals surface area contributed by atoms with Gasteiger partial charge >= 0.3 is 7.05 Å². The van der Waals surface area contributed by atoms with Crippen molar-refractivity contribution in [3.05, 3.63) is 4.91 Å². The summed E-state index contributed by atoms with van der Waals surface area (Å²) in [5.74, 6) is 0.339. The van der Waals surface area contributed by atoms with Gasteiger partial charge in [-0.25, -0.2) is 0 Å². The van der Waals surface area contributed by atoms with Crippen molar-refractivity contribution in [2.24, 2.45) is 11.0 Å². The number of methoxy groups -OCH3 is 1. The lowest BCUT2D eigenvalue weighted by molar-refractivity contribution is 0.0720. The molecule has 0 rings (SSSR count). The van der Waals surface area contributed by atoms with E-state index in [-0.39, 0.29) is 6.10 Å². The second-order valence-corrected chi connectivity index (χ2v) is 3.08. The van der Waals surface area contributed by atoms with Crippen molar-refractivity contribution in [2.45, 2.75) is 32.7 Å². The van der Waals surface area contributed by atoms with Crippen molar-refractivity contribution in [2.75, 3.05) is 7.11 Å². The molecule has 0 fully saturated rings. The Morgan fingerprint density at radius 2 is 2.17 bits per heavy atom. The highest BCUT2D eigenvalue weighted by Gasteiger charge is 2.17. The van der Waals surface area contributed by atoms with Crippen LogP contribution in [0, 0.1) is 10.8 Å². The van der Waals surface area contributed by atoms with Crippen LogP contribution in [0.2, 0.25) is 6.32 Å². The maximum absolute atomic E-state index is 9.83. The van der Waals surface area contributed by atoms with Crippen molar-refractivity contribution in [1.82, 2.24) is 0 Å². The van der Waals surface area contributed by atoms with Crippen LogP contribution in [-0.2, 0) is 4.74 Å². The molecule has 70 valence electrons. The van der Waals surface area contributed by atoms with Crippen LogP contribution >= 0.6 is 0 Å². The zero-order chi connectivity index (χ0) is 9.56. The Balaban J connectivity index is 3.55. The van der Waals surface area contributed by atoms with Crippen molar-refractivity contribution in [3.63, 3.8) is 0 Å². The lowest BCUT2D eigenvalue weighted by atomic mass is 9.76. The maximum Gasteiger partial charge on any atom is 0.483 e. The van der Waals surface area contributed by atoms with Gasteiger partial charge in [-0.15, -0.1) is 5.09 Å². The SMILES string of the molecule is COC(C)C(C)CCB(O)N=O. The Hall–Kier alpha value is -0.415. The van der Waals surface area contributed by atoms with Gasteiger partial charge in [0.25, 0.3) is 0 Å². The predicted molar refractivity (Wildman–Crippen MR) is 48.8 cm³/mol. The molecule has 0 aliphatic heterocycles. The van der Waals surface area contributed by atoms with Crippen molar-refractivity contribution in [1.29, 1.82) is 0 Å². The molecule has 0 spiro atoms. The van der Waals surface area contributed by atoms with Gasteiger partial charge in [-0.1, -0.05) is 13.3 Å². The summed E-state index contributed by atoms with van der Waals surface area (Å²) in [6, 6.07) is 0. The van der Waals surface area contributed by atoms with Gasteiger partial charge < -0.3 is 9.76 Å². The molecule has 0 amide bonds. The molecule has 12 heavy (non-hydrogen) atoms. The zero-order valence-corrected chi connectivity index (χ0v) is 7.86. The van der Waals surface area contributed by atoms with Gasteiger partial charge in [-0.2, -0.15) is 4.91 Å². The fourth-order valence-corrected chi connectivity index (χ4v) is 0.932. The minimum atomic E-state index is -1.06. The van der Waals surface area contributed by atoms with Crippen LogP contribution in [0.3, 0.4) is 0 Å². The summed E-state index contributed by atoms with van der Waals surface area (Å²) in [5.41, 5.74) is 0. The summed E-state index contributed by atoms with van der Waals surface area (Å²) >= 11 is 0. The molecule has 1 N–H and O–H groups in total. The molecule has 0 aromatic carbocycles. The first-order valence-corrected chi connectivity index (χ1v) is 4.15. The summed E-state index contributed by atoms with van der Waals surface area (Å²) in [6.07, 6.45) is 1.32. The monoisotopic (exact) mass is 173 g/mol. The fraction of sp³-hybridized carbons (Fsp3) is 1.00. The standard InChI is InChI=1S/C7H16BNO3/c1-6(7(2)12-3)4-5-8(10)9-11/h6-7,10H,4-5H2,1-3H3. The first-order valence-electron chi connectivity index (χ1n) is 4.15. The minimum Gasteiger partial charge on any atom is -0.429 e. The van der Waals surface area contributed by atoms with E-state index in [0.29, 0.717) is 12.2 Å². The molecule has 0 radical (unpaired) electrons. The molecular weight excluding hydrogens is 157 g/mol. The van der Waals surface area contributed by atoms with Gasteiger partial charge in [0.2, 0.25) is 0 Å². The summed E-state index contributed by atoms with van der Waals surface area (Å²) < 4.78 is 5.09. The third kappa shape index (κ3) is 4.46. The van der Waals surface area contributed by atoms with E-state index in [0.717, 1.165) is 6.42 Å². The Bertz CT molecular complexity index is 134. The maximum atomic E-state index is 9.83. The molecule has 0 aliphatic rings. The Labute approximate surface area is 73.4 Å². The molecule has 2 unspecified atom stereocenters. The number of nitrogens with zero attached hydrogens (tertiary/aromatic N) is 1. The first-order chi connectivity index (χ1) is 5.61. The largest absolute Gasteiger partial charge is 0.483 e. The topological polar surface area (TPSA) is 58.9 Å². The van der Waals surface area contributed by atoms with E-state index in [1.54, 1.807) is 7.11 Å². The summed E-state index contributed by atoms with van der Waals surface area (Å²) in [7, 11) is 0.590. The predicted octanol–water partition coefficient (Wildman–Crippen LogP) is 1.29. The molecule has 4 nitrogen and oxygen atoms in total. The third-order valence-corrected chi connectivity index (χ3v) is 2.18. The highest BCUT2D eigenvalue weighted by atomic mass is 16.5. The van der Waals surface area contributed by atoms with Gasteiger partial charge in [-0.3, -0.25) is 0 Å². The summed E-state index contributed by atoms with van der Waals surface area (Å²) in [5, 5.41) is 11.4.